The van der Waals surface area contributed by atoms with Crippen molar-refractivity contribution in [3.8, 4) is 0 Å². The van der Waals surface area contributed by atoms with Crippen LogP contribution in [0.1, 0.15) is 59.8 Å². The molecule has 0 aromatic heterocycles. The summed E-state index contributed by atoms with van der Waals surface area (Å²) in [5.74, 6) is 0. The summed E-state index contributed by atoms with van der Waals surface area (Å²) in [5.41, 5.74) is 0.644. The molecule has 2 saturated heterocycles. The maximum absolute atomic E-state index is 6.64. The quantitative estimate of drug-likeness (QED) is 0.572. The number of rotatable bonds is 0. The Kier molecular flexibility index (Phi) is 2.80. The van der Waals surface area contributed by atoms with Gasteiger partial charge >= 0.3 is 0 Å². The molecule has 1 spiro atoms. The second-order valence-electron chi connectivity index (χ2n) is 7.63. The minimum absolute atomic E-state index is 0.0700. The Hall–Kier alpha value is 0.730. The van der Waals surface area contributed by atoms with Gasteiger partial charge in [0.15, 0.2) is 0 Å². The molecular weight excluding hydrogens is 312 g/mol. The summed E-state index contributed by atoms with van der Waals surface area (Å²) in [5, 5.41) is 0. The van der Waals surface area contributed by atoms with Crippen LogP contribution in [0, 0.1) is 10.8 Å². The van der Waals surface area contributed by atoms with Gasteiger partial charge in [0.2, 0.25) is 0 Å². The molecule has 2 unspecified atom stereocenters. The van der Waals surface area contributed by atoms with Crippen molar-refractivity contribution in [3.05, 3.63) is 0 Å². The van der Waals surface area contributed by atoms with Gasteiger partial charge in [0.25, 0.3) is 0 Å². The highest BCUT2D eigenvalue weighted by molar-refractivity contribution is 9.09. The maximum atomic E-state index is 6.64. The third kappa shape index (κ3) is 1.43. The predicted octanol–water partition coefficient (Wildman–Crippen LogP) is 4.90. The lowest BCUT2D eigenvalue weighted by Crippen LogP contribution is -2.58. The van der Waals surface area contributed by atoms with Crippen molar-refractivity contribution in [2.45, 2.75) is 81.2 Å². The molecule has 3 fully saturated rings. The van der Waals surface area contributed by atoms with E-state index >= 15 is 0 Å². The molecule has 0 radical (unpaired) electrons. The zero-order valence-electron chi connectivity index (χ0n) is 11.9. The van der Waals surface area contributed by atoms with Crippen LogP contribution in [-0.4, -0.2) is 21.4 Å². The fourth-order valence-electron chi connectivity index (χ4n) is 4.99. The van der Waals surface area contributed by atoms with Crippen LogP contribution in [0.25, 0.3) is 0 Å². The molecule has 1 nitrogen and oxygen atoms in total. The van der Waals surface area contributed by atoms with E-state index in [9.17, 15) is 0 Å². The van der Waals surface area contributed by atoms with Gasteiger partial charge in [-0.2, -0.15) is 0 Å². The Morgan fingerprint density at radius 1 is 1.11 bits per heavy atom. The van der Waals surface area contributed by atoms with Gasteiger partial charge in [-0.3, -0.25) is 0 Å². The Labute approximate surface area is 124 Å². The number of halogens is 2. The predicted molar refractivity (Wildman–Crippen MR) is 79.6 cm³/mol. The first-order chi connectivity index (χ1) is 8.15. The first kappa shape index (κ1) is 13.7. The van der Waals surface area contributed by atoms with Crippen LogP contribution in [-0.2, 0) is 4.74 Å². The van der Waals surface area contributed by atoms with E-state index in [1.54, 1.807) is 0 Å². The Bertz CT molecular complexity index is 374. The zero-order chi connectivity index (χ0) is 13.4. The highest BCUT2D eigenvalue weighted by Gasteiger charge is 2.71. The summed E-state index contributed by atoms with van der Waals surface area (Å²) in [7, 11) is 0. The molecule has 104 valence electrons. The molecule has 0 aromatic rings. The van der Waals surface area contributed by atoms with Gasteiger partial charge in [0, 0.05) is 10.2 Å². The third-order valence-electron chi connectivity index (χ3n) is 6.56. The van der Waals surface area contributed by atoms with Gasteiger partial charge in [0.1, 0.15) is 0 Å². The highest BCUT2D eigenvalue weighted by atomic mass is 79.9. The van der Waals surface area contributed by atoms with Crippen molar-refractivity contribution in [2.24, 2.45) is 10.8 Å². The van der Waals surface area contributed by atoms with Crippen molar-refractivity contribution in [2.75, 3.05) is 0 Å². The van der Waals surface area contributed by atoms with E-state index in [0.29, 0.717) is 16.3 Å². The Balaban J connectivity index is 2.00. The van der Waals surface area contributed by atoms with Crippen molar-refractivity contribution in [1.82, 2.24) is 0 Å². The monoisotopic (exact) mass is 334 g/mol. The summed E-state index contributed by atoms with van der Waals surface area (Å²) in [6.07, 6.45) is 6.33. The minimum Gasteiger partial charge on any atom is -0.371 e. The largest absolute Gasteiger partial charge is 0.371 e. The third-order valence-corrected chi connectivity index (χ3v) is 8.61. The molecule has 3 rings (SSSR count). The SMILES string of the molecule is CC12CCC(O1)C(C)(C)[C@]21CC[C@@](C)(Cl)[C@H](Br)C1. The van der Waals surface area contributed by atoms with Gasteiger partial charge in [-0.05, 0) is 51.4 Å². The van der Waals surface area contributed by atoms with E-state index in [0.717, 1.165) is 12.8 Å². The van der Waals surface area contributed by atoms with E-state index in [-0.39, 0.29) is 15.9 Å². The van der Waals surface area contributed by atoms with Crippen molar-refractivity contribution in [3.63, 3.8) is 0 Å². The standard InChI is InChI=1S/C15H24BrClO/c1-12(2)11-5-6-14(4,18-11)15(12)8-7-13(3,17)10(16)9-15/h10-11H,5-9H2,1-4H3/t10-,11?,13-,14?,15-/m1/s1. The van der Waals surface area contributed by atoms with Gasteiger partial charge in [0.05, 0.1) is 16.6 Å². The minimum atomic E-state index is -0.0977. The van der Waals surface area contributed by atoms with Gasteiger partial charge < -0.3 is 4.74 Å². The topological polar surface area (TPSA) is 9.23 Å². The summed E-state index contributed by atoms with van der Waals surface area (Å²) in [6, 6.07) is 0. The molecule has 0 N–H and O–H groups in total. The molecule has 2 aliphatic heterocycles. The van der Waals surface area contributed by atoms with Crippen LogP contribution in [0.2, 0.25) is 0 Å². The zero-order valence-corrected chi connectivity index (χ0v) is 14.2. The van der Waals surface area contributed by atoms with Crippen LogP contribution < -0.4 is 0 Å². The molecular formula is C15H24BrClO. The summed E-state index contributed by atoms with van der Waals surface area (Å²) >= 11 is 10.5. The molecule has 0 aromatic carbocycles. The fourth-order valence-corrected chi connectivity index (χ4v) is 5.94. The van der Waals surface area contributed by atoms with Crippen molar-refractivity contribution >= 4 is 27.5 Å². The first-order valence-corrected chi connectivity index (χ1v) is 8.45. The average molecular weight is 336 g/mol. The summed E-state index contributed by atoms with van der Waals surface area (Å²) in [6.45, 7) is 9.35. The maximum Gasteiger partial charge on any atom is 0.0721 e. The normalized spacial score (nSPS) is 58.3. The lowest BCUT2D eigenvalue weighted by Gasteiger charge is -2.57. The smallest absolute Gasteiger partial charge is 0.0721 e. The Morgan fingerprint density at radius 2 is 1.78 bits per heavy atom. The average Bonchev–Trinajstić information content (AvgIpc) is 2.71. The van der Waals surface area contributed by atoms with Crippen LogP contribution in [0.15, 0.2) is 0 Å². The van der Waals surface area contributed by atoms with Crippen LogP contribution >= 0.6 is 27.5 Å². The molecule has 2 bridgehead atoms. The van der Waals surface area contributed by atoms with E-state index in [1.165, 1.54) is 19.3 Å². The molecule has 1 saturated carbocycles. The molecule has 0 amide bonds. The number of fused-ring (bicyclic) bond motifs is 3. The van der Waals surface area contributed by atoms with E-state index < -0.39 is 0 Å². The fraction of sp³-hybridized carbons (Fsp3) is 1.00. The lowest BCUT2D eigenvalue weighted by atomic mass is 9.47. The Morgan fingerprint density at radius 3 is 2.28 bits per heavy atom. The number of hydrogen-bond acceptors (Lipinski definition) is 1. The lowest BCUT2D eigenvalue weighted by molar-refractivity contribution is -0.0690. The van der Waals surface area contributed by atoms with E-state index in [1.807, 2.05) is 0 Å². The first-order valence-electron chi connectivity index (χ1n) is 7.16. The van der Waals surface area contributed by atoms with Gasteiger partial charge in [-0.1, -0.05) is 29.8 Å². The second kappa shape index (κ2) is 3.68. The van der Waals surface area contributed by atoms with Crippen LogP contribution in [0.3, 0.4) is 0 Å². The van der Waals surface area contributed by atoms with Crippen LogP contribution in [0.5, 0.6) is 0 Å². The molecule has 1 aliphatic carbocycles. The second-order valence-corrected chi connectivity index (χ2v) is 9.60. The molecule has 5 atom stereocenters. The molecule has 18 heavy (non-hydrogen) atoms. The number of ether oxygens (including phenoxy) is 1. The molecule has 2 heterocycles. The summed E-state index contributed by atoms with van der Waals surface area (Å²) < 4.78 is 6.42. The number of alkyl halides is 2. The van der Waals surface area contributed by atoms with E-state index in [4.69, 9.17) is 16.3 Å². The summed E-state index contributed by atoms with van der Waals surface area (Å²) in [4.78, 5) is 0.291. The van der Waals surface area contributed by atoms with E-state index in [2.05, 4.69) is 43.6 Å². The van der Waals surface area contributed by atoms with Gasteiger partial charge in [-0.15, -0.1) is 11.6 Å². The molecule has 3 aliphatic rings. The highest BCUT2D eigenvalue weighted by Crippen LogP contribution is 2.71. The van der Waals surface area contributed by atoms with Crippen molar-refractivity contribution < 1.29 is 4.74 Å². The molecule has 3 heteroatoms. The van der Waals surface area contributed by atoms with Crippen molar-refractivity contribution in [1.29, 1.82) is 0 Å². The van der Waals surface area contributed by atoms with Gasteiger partial charge in [-0.25, -0.2) is 0 Å². The van der Waals surface area contributed by atoms with Crippen LogP contribution in [0.4, 0.5) is 0 Å². The number of hydrogen-bond donors (Lipinski definition) is 0.